The molecule has 5 N–H and O–H groups in total. The van der Waals surface area contributed by atoms with Gasteiger partial charge in [-0.25, -0.2) is 0 Å². The molecular weight excluding hydrogens is 354 g/mol. The Hall–Kier alpha value is -1.28. The Morgan fingerprint density at radius 2 is 1.64 bits per heavy atom. The summed E-state index contributed by atoms with van der Waals surface area (Å²) in [4.78, 5) is 26.2. The maximum Gasteiger partial charge on any atom is 0.233 e. The lowest BCUT2D eigenvalue weighted by Gasteiger charge is -2.19. The molecule has 1 fully saturated rings. The summed E-state index contributed by atoms with van der Waals surface area (Å²) < 4.78 is 0. The van der Waals surface area contributed by atoms with Gasteiger partial charge < -0.3 is 21.7 Å². The zero-order valence-corrected chi connectivity index (χ0v) is 18.1. The molecule has 1 unspecified atom stereocenters. The van der Waals surface area contributed by atoms with Gasteiger partial charge in [0.05, 0.1) is 5.92 Å². The summed E-state index contributed by atoms with van der Waals surface area (Å²) in [6.45, 7) is 16.7. The smallest absolute Gasteiger partial charge is 0.233 e. The average Bonchev–Trinajstić information content (AvgIpc) is 2.88. The molecule has 0 radical (unpaired) electrons. The SMILES string of the molecule is C=C(CCC(C)(C)C)CC1CC(=O)N(CCNCCNCCNCCN)C1=O. The number of rotatable bonds is 15. The number of hydrogen-bond acceptors (Lipinski definition) is 6. The van der Waals surface area contributed by atoms with Gasteiger partial charge in [0.25, 0.3) is 0 Å². The Bertz CT molecular complexity index is 502. The van der Waals surface area contributed by atoms with E-state index in [1.807, 2.05) is 0 Å². The lowest BCUT2D eigenvalue weighted by molar-refractivity contribution is -0.139. The van der Waals surface area contributed by atoms with Gasteiger partial charge >= 0.3 is 0 Å². The minimum atomic E-state index is -0.220. The first kappa shape index (κ1) is 24.8. The topological polar surface area (TPSA) is 99.5 Å². The molecule has 1 atom stereocenters. The number of carbonyl (C=O) groups is 2. The van der Waals surface area contributed by atoms with Gasteiger partial charge in [-0.3, -0.25) is 14.5 Å². The Kier molecular flexibility index (Phi) is 11.5. The van der Waals surface area contributed by atoms with Crippen LogP contribution in [0.1, 0.15) is 46.5 Å². The van der Waals surface area contributed by atoms with Gasteiger partial charge in [-0.2, -0.15) is 0 Å². The molecule has 0 spiro atoms. The summed E-state index contributed by atoms with van der Waals surface area (Å²) in [5.41, 5.74) is 6.74. The molecule has 28 heavy (non-hydrogen) atoms. The van der Waals surface area contributed by atoms with Crippen molar-refractivity contribution in [1.29, 1.82) is 0 Å². The highest BCUT2D eigenvalue weighted by atomic mass is 16.2. The summed E-state index contributed by atoms with van der Waals surface area (Å²) in [7, 11) is 0. The maximum absolute atomic E-state index is 12.6. The molecule has 7 nitrogen and oxygen atoms in total. The second kappa shape index (κ2) is 13.0. The highest BCUT2D eigenvalue weighted by Crippen LogP contribution is 2.29. The van der Waals surface area contributed by atoms with Gasteiger partial charge in [-0.15, -0.1) is 0 Å². The number of hydrogen-bond donors (Lipinski definition) is 4. The predicted octanol–water partition coefficient (Wildman–Crippen LogP) is 0.862. The summed E-state index contributed by atoms with van der Waals surface area (Å²) in [5, 5.41) is 9.82. The van der Waals surface area contributed by atoms with E-state index in [4.69, 9.17) is 5.73 Å². The lowest BCUT2D eigenvalue weighted by atomic mass is 9.86. The zero-order chi connectivity index (χ0) is 21.0. The van der Waals surface area contributed by atoms with Crippen molar-refractivity contribution in [1.82, 2.24) is 20.9 Å². The zero-order valence-electron chi connectivity index (χ0n) is 18.1. The lowest BCUT2D eigenvalue weighted by Crippen LogP contribution is -2.39. The number of imide groups is 1. The molecule has 0 saturated carbocycles. The predicted molar refractivity (Wildman–Crippen MR) is 115 cm³/mol. The van der Waals surface area contributed by atoms with Crippen molar-refractivity contribution < 1.29 is 9.59 Å². The maximum atomic E-state index is 12.6. The molecule has 1 aliphatic heterocycles. The van der Waals surface area contributed by atoms with Crippen molar-refractivity contribution in [3.63, 3.8) is 0 Å². The van der Waals surface area contributed by atoms with E-state index in [2.05, 4.69) is 43.3 Å². The van der Waals surface area contributed by atoms with Crippen molar-refractivity contribution in [2.45, 2.75) is 46.5 Å². The molecule has 162 valence electrons. The fourth-order valence-electron chi connectivity index (χ4n) is 3.17. The van der Waals surface area contributed by atoms with E-state index in [1.165, 1.54) is 4.90 Å². The molecule has 1 aliphatic rings. The van der Waals surface area contributed by atoms with Gasteiger partial charge in [0, 0.05) is 58.8 Å². The second-order valence-corrected chi connectivity index (χ2v) is 8.84. The van der Waals surface area contributed by atoms with E-state index in [9.17, 15) is 9.59 Å². The number of likely N-dealkylation sites (tertiary alicyclic amines) is 1. The summed E-state index contributed by atoms with van der Waals surface area (Å²) in [5.74, 6) is -0.306. The number of allylic oxidation sites excluding steroid dienone is 1. The molecule has 1 saturated heterocycles. The molecule has 2 amide bonds. The molecular formula is C21H41N5O2. The van der Waals surface area contributed by atoms with E-state index >= 15 is 0 Å². The first-order valence-electron chi connectivity index (χ1n) is 10.6. The highest BCUT2D eigenvalue weighted by Gasteiger charge is 2.38. The van der Waals surface area contributed by atoms with Crippen molar-refractivity contribution in [2.75, 3.05) is 52.4 Å². The molecule has 0 aliphatic carbocycles. The van der Waals surface area contributed by atoms with Gasteiger partial charge in [0.1, 0.15) is 0 Å². The van der Waals surface area contributed by atoms with E-state index in [0.29, 0.717) is 32.5 Å². The van der Waals surface area contributed by atoms with Crippen LogP contribution in [0.5, 0.6) is 0 Å². The van der Waals surface area contributed by atoms with Gasteiger partial charge in [-0.1, -0.05) is 32.9 Å². The molecule has 0 aromatic carbocycles. The van der Waals surface area contributed by atoms with Crippen LogP contribution in [0.2, 0.25) is 0 Å². The summed E-state index contributed by atoms with van der Waals surface area (Å²) >= 11 is 0. The summed E-state index contributed by atoms with van der Waals surface area (Å²) in [6, 6.07) is 0. The van der Waals surface area contributed by atoms with Crippen molar-refractivity contribution in [3.05, 3.63) is 12.2 Å². The molecule has 1 heterocycles. The Morgan fingerprint density at radius 3 is 2.21 bits per heavy atom. The highest BCUT2D eigenvalue weighted by molar-refractivity contribution is 6.03. The van der Waals surface area contributed by atoms with Crippen molar-refractivity contribution in [3.8, 4) is 0 Å². The van der Waals surface area contributed by atoms with Crippen molar-refractivity contribution >= 4 is 11.8 Å². The Morgan fingerprint density at radius 1 is 1.07 bits per heavy atom. The Balaban J connectivity index is 2.17. The monoisotopic (exact) mass is 395 g/mol. The van der Waals surface area contributed by atoms with Crippen LogP contribution in [0.15, 0.2) is 12.2 Å². The second-order valence-electron chi connectivity index (χ2n) is 8.84. The fourth-order valence-corrected chi connectivity index (χ4v) is 3.17. The van der Waals surface area contributed by atoms with Crippen LogP contribution in [-0.2, 0) is 9.59 Å². The van der Waals surface area contributed by atoms with Crippen molar-refractivity contribution in [2.24, 2.45) is 17.1 Å². The molecule has 1 rings (SSSR count). The first-order chi connectivity index (χ1) is 13.2. The van der Waals surface area contributed by atoms with E-state index in [1.54, 1.807) is 0 Å². The molecule has 0 aromatic rings. The fraction of sp³-hybridized carbons (Fsp3) is 0.810. The summed E-state index contributed by atoms with van der Waals surface area (Å²) in [6.07, 6.45) is 2.92. The van der Waals surface area contributed by atoms with Crippen LogP contribution in [0.3, 0.4) is 0 Å². The third kappa shape index (κ3) is 10.3. The van der Waals surface area contributed by atoms with Crippen LogP contribution >= 0.6 is 0 Å². The minimum absolute atomic E-state index is 0.0344. The molecule has 0 bridgehead atoms. The number of amides is 2. The first-order valence-corrected chi connectivity index (χ1v) is 10.6. The quantitative estimate of drug-likeness (QED) is 0.186. The van der Waals surface area contributed by atoms with Crippen LogP contribution in [0, 0.1) is 11.3 Å². The van der Waals surface area contributed by atoms with E-state index in [0.717, 1.165) is 51.1 Å². The number of nitrogens with one attached hydrogen (secondary N) is 3. The number of nitrogens with two attached hydrogens (primary N) is 1. The van der Waals surface area contributed by atoms with E-state index < -0.39 is 0 Å². The third-order valence-corrected chi connectivity index (χ3v) is 4.89. The Labute approximate surface area is 170 Å². The number of carbonyl (C=O) groups excluding carboxylic acids is 2. The number of nitrogens with zero attached hydrogens (tertiary/aromatic N) is 1. The molecule has 0 aromatic heterocycles. The average molecular weight is 396 g/mol. The molecule has 7 heteroatoms. The van der Waals surface area contributed by atoms with Crippen LogP contribution in [0.4, 0.5) is 0 Å². The van der Waals surface area contributed by atoms with Crippen LogP contribution in [-0.4, -0.2) is 69.1 Å². The van der Waals surface area contributed by atoms with Gasteiger partial charge in [0.2, 0.25) is 11.8 Å². The standard InChI is InChI=1S/C21H41N5O2/c1-17(5-6-21(2,3)4)15-18-16-19(27)26(20(18)28)14-13-25-12-11-24-10-9-23-8-7-22/h18,23-25H,1,5-16,22H2,2-4H3. The normalized spacial score (nSPS) is 17.6. The van der Waals surface area contributed by atoms with E-state index in [-0.39, 0.29) is 23.1 Å². The van der Waals surface area contributed by atoms with Gasteiger partial charge in [0.15, 0.2) is 0 Å². The third-order valence-electron chi connectivity index (χ3n) is 4.89. The van der Waals surface area contributed by atoms with Crippen LogP contribution < -0.4 is 21.7 Å². The minimum Gasteiger partial charge on any atom is -0.329 e. The van der Waals surface area contributed by atoms with Crippen LogP contribution in [0.25, 0.3) is 0 Å². The largest absolute Gasteiger partial charge is 0.329 e. The van der Waals surface area contributed by atoms with Gasteiger partial charge in [-0.05, 0) is 24.7 Å².